The first-order valence-corrected chi connectivity index (χ1v) is 8.57. The molecule has 0 aliphatic carbocycles. The molecule has 0 radical (unpaired) electrons. The second kappa shape index (κ2) is 8.27. The molecule has 1 heterocycles. The number of carbonyl (C=O) groups excluding carboxylic acids is 1. The van der Waals surface area contributed by atoms with E-state index in [0.717, 1.165) is 17.9 Å². The van der Waals surface area contributed by atoms with Gasteiger partial charge in [0.05, 0.1) is 0 Å². The van der Waals surface area contributed by atoms with Crippen molar-refractivity contribution < 1.29 is 9.18 Å². The van der Waals surface area contributed by atoms with Gasteiger partial charge in [0.2, 0.25) is 5.95 Å². The highest BCUT2D eigenvalue weighted by molar-refractivity contribution is 6.04. The lowest BCUT2D eigenvalue weighted by Gasteiger charge is -2.10. The Kier molecular flexibility index (Phi) is 5.61. The molecule has 0 aliphatic heterocycles. The number of hydrogen-bond donors (Lipinski definition) is 3. The quantitative estimate of drug-likeness (QED) is 0.605. The van der Waals surface area contributed by atoms with Crippen molar-refractivity contribution in [2.24, 2.45) is 0 Å². The van der Waals surface area contributed by atoms with Crippen molar-refractivity contribution in [2.45, 2.75) is 13.8 Å². The lowest BCUT2D eigenvalue weighted by molar-refractivity contribution is 0.102. The first-order chi connectivity index (χ1) is 13.0. The Bertz CT molecular complexity index is 926. The Morgan fingerprint density at radius 2 is 1.67 bits per heavy atom. The molecule has 1 amide bonds. The van der Waals surface area contributed by atoms with Gasteiger partial charge in [0.15, 0.2) is 0 Å². The molecule has 0 unspecified atom stereocenters. The number of benzene rings is 2. The number of hydrogen-bond acceptors (Lipinski definition) is 5. The van der Waals surface area contributed by atoms with Crippen LogP contribution in [-0.4, -0.2) is 22.4 Å². The normalized spacial score (nSPS) is 10.3. The van der Waals surface area contributed by atoms with Gasteiger partial charge in [-0.05, 0) is 62.4 Å². The number of anilines is 4. The fourth-order valence-corrected chi connectivity index (χ4v) is 2.46. The fraction of sp³-hybridized carbons (Fsp3) is 0.150. The third-order valence-corrected chi connectivity index (χ3v) is 3.71. The van der Waals surface area contributed by atoms with Gasteiger partial charge in [0.1, 0.15) is 11.6 Å². The SMILES string of the molecule is CCNc1nc(C)cc(Nc2ccc(NC(=O)c3ccc(F)cc3)cc2)n1. The van der Waals surface area contributed by atoms with E-state index >= 15 is 0 Å². The largest absolute Gasteiger partial charge is 0.354 e. The summed E-state index contributed by atoms with van der Waals surface area (Å²) in [7, 11) is 0. The van der Waals surface area contributed by atoms with Crippen molar-refractivity contribution in [3.63, 3.8) is 0 Å². The maximum Gasteiger partial charge on any atom is 0.255 e. The Balaban J connectivity index is 1.67. The number of amides is 1. The summed E-state index contributed by atoms with van der Waals surface area (Å²) >= 11 is 0. The third kappa shape index (κ3) is 5.01. The van der Waals surface area contributed by atoms with Crippen molar-refractivity contribution in [2.75, 3.05) is 22.5 Å². The van der Waals surface area contributed by atoms with Crippen LogP contribution in [0.1, 0.15) is 23.0 Å². The molecule has 27 heavy (non-hydrogen) atoms. The van der Waals surface area contributed by atoms with Crippen molar-refractivity contribution >= 4 is 29.0 Å². The van der Waals surface area contributed by atoms with Crippen LogP contribution in [0, 0.1) is 12.7 Å². The monoisotopic (exact) mass is 365 g/mol. The predicted molar refractivity (Wildman–Crippen MR) is 105 cm³/mol. The zero-order valence-corrected chi connectivity index (χ0v) is 15.1. The van der Waals surface area contributed by atoms with E-state index in [4.69, 9.17) is 0 Å². The molecular formula is C20H20FN5O. The van der Waals surface area contributed by atoms with Crippen LogP contribution in [0.15, 0.2) is 54.6 Å². The van der Waals surface area contributed by atoms with Gasteiger partial charge >= 0.3 is 0 Å². The summed E-state index contributed by atoms with van der Waals surface area (Å²) in [5, 5.41) is 9.09. The molecule has 0 atom stereocenters. The Labute approximate surface area is 156 Å². The van der Waals surface area contributed by atoms with E-state index < -0.39 is 0 Å². The van der Waals surface area contributed by atoms with Crippen LogP contribution in [0.2, 0.25) is 0 Å². The molecule has 0 bridgehead atoms. The van der Waals surface area contributed by atoms with Crippen LogP contribution in [0.3, 0.4) is 0 Å². The summed E-state index contributed by atoms with van der Waals surface area (Å²) in [4.78, 5) is 20.9. The summed E-state index contributed by atoms with van der Waals surface area (Å²) in [6.45, 7) is 4.63. The second-order valence-electron chi connectivity index (χ2n) is 5.91. The maximum atomic E-state index is 12.9. The zero-order valence-electron chi connectivity index (χ0n) is 15.1. The van der Waals surface area contributed by atoms with Gasteiger partial charge in [-0.15, -0.1) is 0 Å². The van der Waals surface area contributed by atoms with Crippen molar-refractivity contribution in [1.82, 2.24) is 9.97 Å². The molecule has 0 aliphatic rings. The van der Waals surface area contributed by atoms with E-state index in [0.29, 0.717) is 23.0 Å². The zero-order chi connectivity index (χ0) is 19.2. The third-order valence-electron chi connectivity index (χ3n) is 3.71. The van der Waals surface area contributed by atoms with E-state index in [2.05, 4.69) is 25.9 Å². The molecule has 1 aromatic heterocycles. The highest BCUT2D eigenvalue weighted by Gasteiger charge is 2.07. The second-order valence-corrected chi connectivity index (χ2v) is 5.91. The van der Waals surface area contributed by atoms with Gasteiger partial charge in [0.25, 0.3) is 5.91 Å². The van der Waals surface area contributed by atoms with Crippen LogP contribution >= 0.6 is 0 Å². The number of nitrogens with one attached hydrogen (secondary N) is 3. The first kappa shape index (κ1) is 18.3. The average Bonchev–Trinajstić information content (AvgIpc) is 2.64. The fourth-order valence-electron chi connectivity index (χ4n) is 2.46. The molecule has 3 N–H and O–H groups in total. The predicted octanol–water partition coefficient (Wildman–Crippen LogP) is 4.35. The van der Waals surface area contributed by atoms with Gasteiger partial charge < -0.3 is 16.0 Å². The molecule has 0 saturated carbocycles. The summed E-state index contributed by atoms with van der Waals surface area (Å²) < 4.78 is 12.9. The van der Waals surface area contributed by atoms with Crippen LogP contribution < -0.4 is 16.0 Å². The van der Waals surface area contributed by atoms with Crippen LogP contribution in [0.25, 0.3) is 0 Å². The minimum atomic E-state index is -0.376. The van der Waals surface area contributed by atoms with Crippen LogP contribution in [0.5, 0.6) is 0 Å². The lowest BCUT2D eigenvalue weighted by Crippen LogP contribution is -2.11. The molecule has 2 aromatic carbocycles. The van der Waals surface area contributed by atoms with E-state index in [1.54, 1.807) is 12.1 Å². The van der Waals surface area contributed by atoms with Gasteiger partial charge in [-0.2, -0.15) is 4.98 Å². The number of aromatic nitrogens is 2. The minimum absolute atomic E-state index is 0.294. The highest BCUT2D eigenvalue weighted by atomic mass is 19.1. The molecule has 3 rings (SSSR count). The van der Waals surface area contributed by atoms with E-state index in [-0.39, 0.29) is 11.7 Å². The summed E-state index contributed by atoms with van der Waals surface area (Å²) in [5.74, 6) is 0.585. The van der Waals surface area contributed by atoms with Crippen molar-refractivity contribution in [1.29, 1.82) is 0 Å². The Morgan fingerprint density at radius 1 is 1.00 bits per heavy atom. The lowest BCUT2D eigenvalue weighted by atomic mass is 10.2. The van der Waals surface area contributed by atoms with Crippen molar-refractivity contribution in [3.8, 4) is 0 Å². The van der Waals surface area contributed by atoms with Gasteiger partial charge in [-0.25, -0.2) is 9.37 Å². The molecule has 0 fully saturated rings. The summed E-state index contributed by atoms with van der Waals surface area (Å²) in [6.07, 6.45) is 0. The Hall–Kier alpha value is -3.48. The molecule has 0 spiro atoms. The number of carbonyl (C=O) groups is 1. The van der Waals surface area contributed by atoms with Crippen molar-refractivity contribution in [3.05, 3.63) is 71.7 Å². The van der Waals surface area contributed by atoms with Gasteiger partial charge in [-0.3, -0.25) is 4.79 Å². The van der Waals surface area contributed by atoms with Crippen LogP contribution in [0.4, 0.5) is 27.5 Å². The molecule has 7 heteroatoms. The topological polar surface area (TPSA) is 78.9 Å². The van der Waals surface area contributed by atoms with Crippen LogP contribution in [-0.2, 0) is 0 Å². The molecular weight excluding hydrogens is 345 g/mol. The molecule has 6 nitrogen and oxygen atoms in total. The minimum Gasteiger partial charge on any atom is -0.354 e. The Morgan fingerprint density at radius 3 is 2.33 bits per heavy atom. The number of aryl methyl sites for hydroxylation is 1. The van der Waals surface area contributed by atoms with Gasteiger partial charge in [0, 0.05) is 35.2 Å². The first-order valence-electron chi connectivity index (χ1n) is 8.57. The van der Waals surface area contributed by atoms with Gasteiger partial charge in [-0.1, -0.05) is 0 Å². The smallest absolute Gasteiger partial charge is 0.255 e. The summed E-state index contributed by atoms with van der Waals surface area (Å²) in [6, 6.07) is 14.5. The standard InChI is InChI=1S/C20H20FN5O/c1-3-22-20-23-13(2)12-18(26-20)24-16-8-10-17(11-9-16)25-19(27)14-4-6-15(21)7-5-14/h4-12H,3H2,1-2H3,(H,25,27)(H2,22,23,24,26). The number of halogens is 1. The number of rotatable bonds is 6. The van der Waals surface area contributed by atoms with E-state index in [1.807, 2.05) is 32.0 Å². The number of nitrogens with zero attached hydrogens (tertiary/aromatic N) is 2. The van der Waals surface area contributed by atoms with E-state index in [9.17, 15) is 9.18 Å². The maximum absolute atomic E-state index is 12.9. The average molecular weight is 365 g/mol. The molecule has 0 saturated heterocycles. The summed E-state index contributed by atoms with van der Waals surface area (Å²) in [5.41, 5.74) is 2.72. The van der Waals surface area contributed by atoms with E-state index in [1.165, 1.54) is 24.3 Å². The molecule has 3 aromatic rings. The highest BCUT2D eigenvalue weighted by Crippen LogP contribution is 2.19. The molecule has 138 valence electrons.